The van der Waals surface area contributed by atoms with Crippen LogP contribution in [0.3, 0.4) is 0 Å². The molecule has 0 radical (unpaired) electrons. The van der Waals surface area contributed by atoms with Gasteiger partial charge in [0.2, 0.25) is 0 Å². The second-order valence-electron chi connectivity index (χ2n) is 8.54. The van der Waals surface area contributed by atoms with Crippen molar-refractivity contribution < 1.29 is 9.53 Å². The number of ether oxygens (including phenoxy) is 1. The summed E-state index contributed by atoms with van der Waals surface area (Å²) in [5.74, 6) is -0.0169. The van der Waals surface area contributed by atoms with Crippen molar-refractivity contribution in [2.24, 2.45) is 11.8 Å². The van der Waals surface area contributed by atoms with Crippen LogP contribution in [-0.4, -0.2) is 15.9 Å². The minimum atomic E-state index is -0.452. The number of nitrogens with zero attached hydrogens (tertiary/aromatic N) is 3. The van der Waals surface area contributed by atoms with E-state index < -0.39 is 5.92 Å². The predicted octanol–water partition coefficient (Wildman–Crippen LogP) is 6.92. The topological polar surface area (TPSA) is 75.9 Å². The number of esters is 1. The van der Waals surface area contributed by atoms with Crippen molar-refractivity contribution in [2.45, 2.75) is 85.0 Å². The molecule has 5 heteroatoms. The normalized spacial score (nSPS) is 12.7. The molecule has 1 heterocycles. The number of nitriles is 1. The zero-order valence-electron chi connectivity index (χ0n) is 19.8. The van der Waals surface area contributed by atoms with Gasteiger partial charge in [0, 0.05) is 18.0 Å². The van der Waals surface area contributed by atoms with Gasteiger partial charge >= 0.3 is 5.97 Å². The molecule has 0 saturated carbocycles. The van der Waals surface area contributed by atoms with Gasteiger partial charge in [-0.15, -0.1) is 0 Å². The first-order chi connectivity index (χ1) is 15.6. The third-order valence-corrected chi connectivity index (χ3v) is 5.85. The zero-order chi connectivity index (χ0) is 23.2. The summed E-state index contributed by atoms with van der Waals surface area (Å²) in [5.41, 5.74) is 2.04. The maximum atomic E-state index is 12.4. The van der Waals surface area contributed by atoms with Gasteiger partial charge in [0.25, 0.3) is 0 Å². The van der Waals surface area contributed by atoms with Crippen LogP contribution < -0.4 is 4.74 Å². The third kappa shape index (κ3) is 8.42. The summed E-state index contributed by atoms with van der Waals surface area (Å²) in [6.45, 7) is 6.00. The molecule has 2 unspecified atom stereocenters. The van der Waals surface area contributed by atoms with E-state index in [0.29, 0.717) is 18.0 Å². The number of aromatic nitrogens is 2. The van der Waals surface area contributed by atoms with Crippen LogP contribution in [-0.2, 0) is 11.2 Å². The van der Waals surface area contributed by atoms with Crippen molar-refractivity contribution in [2.75, 3.05) is 0 Å². The molecular weight excluding hydrogens is 398 g/mol. The van der Waals surface area contributed by atoms with Crippen molar-refractivity contribution in [1.82, 2.24) is 9.97 Å². The van der Waals surface area contributed by atoms with Crippen LogP contribution in [0.1, 0.15) is 84.1 Å². The molecule has 2 atom stereocenters. The second-order valence-corrected chi connectivity index (χ2v) is 8.54. The maximum absolute atomic E-state index is 12.4. The highest BCUT2D eigenvalue weighted by molar-refractivity contribution is 5.75. The molecule has 0 fully saturated rings. The Bertz CT molecular complexity index is 841. The van der Waals surface area contributed by atoms with Crippen LogP contribution in [0.5, 0.6) is 5.75 Å². The third-order valence-electron chi connectivity index (χ3n) is 5.85. The Morgan fingerprint density at radius 1 is 0.969 bits per heavy atom. The summed E-state index contributed by atoms with van der Waals surface area (Å²) in [5, 5.41) is 9.25. The minimum Gasteiger partial charge on any atom is -0.426 e. The van der Waals surface area contributed by atoms with Crippen LogP contribution in [0.15, 0.2) is 36.7 Å². The lowest BCUT2D eigenvalue weighted by atomic mass is 9.91. The van der Waals surface area contributed by atoms with E-state index in [1.54, 1.807) is 19.1 Å². The number of benzene rings is 1. The summed E-state index contributed by atoms with van der Waals surface area (Å²) < 4.78 is 5.47. The number of aryl methyl sites for hydroxylation is 1. The Balaban J connectivity index is 1.83. The molecule has 0 aliphatic heterocycles. The molecule has 32 heavy (non-hydrogen) atoms. The quantitative estimate of drug-likeness (QED) is 0.183. The summed E-state index contributed by atoms with van der Waals surface area (Å²) in [4.78, 5) is 21.4. The van der Waals surface area contributed by atoms with E-state index in [0.717, 1.165) is 18.4 Å². The van der Waals surface area contributed by atoms with Gasteiger partial charge in [-0.05, 0) is 49.1 Å². The van der Waals surface area contributed by atoms with Gasteiger partial charge in [-0.25, -0.2) is 9.97 Å². The molecule has 0 aliphatic carbocycles. The smallest absolute Gasteiger partial charge is 0.315 e. The first-order valence-corrected chi connectivity index (χ1v) is 12.1. The lowest BCUT2D eigenvalue weighted by Crippen LogP contribution is -2.24. The van der Waals surface area contributed by atoms with Crippen LogP contribution in [0.25, 0.3) is 11.4 Å². The molecule has 0 N–H and O–H groups in total. The van der Waals surface area contributed by atoms with Gasteiger partial charge in [0.1, 0.15) is 5.75 Å². The van der Waals surface area contributed by atoms with E-state index >= 15 is 0 Å². The van der Waals surface area contributed by atoms with Crippen LogP contribution in [0.2, 0.25) is 0 Å². The summed E-state index contributed by atoms with van der Waals surface area (Å²) in [7, 11) is 0. The Kier molecular flexibility index (Phi) is 11.4. The molecule has 0 amide bonds. The van der Waals surface area contributed by atoms with Gasteiger partial charge in [-0.3, -0.25) is 4.79 Å². The number of rotatable bonds is 14. The highest BCUT2D eigenvalue weighted by Gasteiger charge is 2.25. The Morgan fingerprint density at radius 3 is 2.19 bits per heavy atom. The number of carbonyl (C=O) groups is 1. The fraction of sp³-hybridized carbons (Fsp3) is 0.556. The number of carbonyl (C=O) groups excluding carboxylic acids is 1. The fourth-order valence-electron chi connectivity index (χ4n) is 3.70. The van der Waals surface area contributed by atoms with Crippen LogP contribution in [0.4, 0.5) is 0 Å². The molecule has 0 saturated heterocycles. The summed E-state index contributed by atoms with van der Waals surface area (Å²) >= 11 is 0. The predicted molar refractivity (Wildman–Crippen MR) is 128 cm³/mol. The molecule has 1 aromatic heterocycles. The molecule has 172 valence electrons. The molecule has 2 aromatic rings. The second kappa shape index (κ2) is 14.3. The average molecular weight is 436 g/mol. The first kappa shape index (κ1) is 25.5. The number of unbranched alkanes of at least 4 members (excludes halogenated alkanes) is 6. The Morgan fingerprint density at radius 2 is 1.59 bits per heavy atom. The van der Waals surface area contributed by atoms with E-state index in [1.807, 2.05) is 31.5 Å². The summed E-state index contributed by atoms with van der Waals surface area (Å²) in [6.07, 6.45) is 15.5. The average Bonchev–Trinajstić information content (AvgIpc) is 2.82. The van der Waals surface area contributed by atoms with Crippen molar-refractivity contribution in [3.63, 3.8) is 0 Å². The van der Waals surface area contributed by atoms with E-state index in [2.05, 4.69) is 23.0 Å². The molecular formula is C27H37N3O2. The van der Waals surface area contributed by atoms with Gasteiger partial charge in [-0.1, -0.05) is 65.7 Å². The molecule has 2 rings (SSSR count). The fourth-order valence-corrected chi connectivity index (χ4v) is 3.70. The Hall–Kier alpha value is -2.74. The van der Waals surface area contributed by atoms with Gasteiger partial charge in [0.15, 0.2) is 5.82 Å². The van der Waals surface area contributed by atoms with Crippen molar-refractivity contribution in [3.8, 4) is 23.2 Å². The molecule has 1 aromatic carbocycles. The van der Waals surface area contributed by atoms with Crippen molar-refractivity contribution in [3.05, 3.63) is 42.2 Å². The lowest BCUT2D eigenvalue weighted by Gasteiger charge is -2.15. The monoisotopic (exact) mass is 435 g/mol. The maximum Gasteiger partial charge on any atom is 0.315 e. The largest absolute Gasteiger partial charge is 0.426 e. The zero-order valence-corrected chi connectivity index (χ0v) is 19.8. The van der Waals surface area contributed by atoms with E-state index in [4.69, 9.17) is 4.74 Å². The minimum absolute atomic E-state index is 0.320. The Labute approximate surface area is 193 Å². The number of hydrogen-bond donors (Lipinski definition) is 0. The molecule has 5 nitrogen and oxygen atoms in total. The van der Waals surface area contributed by atoms with Gasteiger partial charge in [0.05, 0.1) is 17.9 Å². The highest BCUT2D eigenvalue weighted by atomic mass is 16.5. The van der Waals surface area contributed by atoms with E-state index in [-0.39, 0.29) is 11.9 Å². The SMILES string of the molecule is CCCCCCCCCc1cnc(-c2ccc(OC(=O)C(C)C(C#N)CCC)cc2)nc1. The number of hydrogen-bond acceptors (Lipinski definition) is 5. The summed E-state index contributed by atoms with van der Waals surface area (Å²) in [6, 6.07) is 9.41. The molecule has 0 bridgehead atoms. The first-order valence-electron chi connectivity index (χ1n) is 12.1. The van der Waals surface area contributed by atoms with Crippen LogP contribution >= 0.6 is 0 Å². The van der Waals surface area contributed by atoms with Gasteiger partial charge < -0.3 is 4.74 Å². The van der Waals surface area contributed by atoms with Crippen LogP contribution in [0, 0.1) is 23.2 Å². The molecule has 0 spiro atoms. The molecule has 0 aliphatic rings. The van der Waals surface area contributed by atoms with Gasteiger partial charge in [-0.2, -0.15) is 5.26 Å². The van der Waals surface area contributed by atoms with Crippen molar-refractivity contribution in [1.29, 1.82) is 5.26 Å². The van der Waals surface area contributed by atoms with E-state index in [9.17, 15) is 10.1 Å². The van der Waals surface area contributed by atoms with E-state index in [1.165, 1.54) is 50.5 Å². The lowest BCUT2D eigenvalue weighted by molar-refractivity contribution is -0.139. The van der Waals surface area contributed by atoms with Crippen molar-refractivity contribution >= 4 is 5.97 Å². The highest BCUT2D eigenvalue weighted by Crippen LogP contribution is 2.23. The standard InChI is InChI=1S/C27H37N3O2/c1-4-6-7-8-9-10-11-13-22-19-29-26(30-20-22)23-14-16-25(17-15-23)32-27(31)21(3)24(18-28)12-5-2/h14-17,19-21,24H,4-13H2,1-3H3.